The standard InChI is InChI=1S/C31H32N4O2/c1-20-9-11-21(12-10-20)15-16-33-30(37)23-13-14-25(24(32)17-23)35-26-18-31(2,3)19-27(36)28(26)29(34-35)22-7-5-4-6-8-22/h4-14,17H,15-16,18-19,32H2,1-3H3,(H,33,37). The lowest BCUT2D eigenvalue weighted by atomic mass is 9.75. The monoisotopic (exact) mass is 492 g/mol. The Bertz CT molecular complexity index is 1470. The van der Waals surface area contributed by atoms with E-state index in [2.05, 4.69) is 50.4 Å². The zero-order valence-corrected chi connectivity index (χ0v) is 21.5. The van der Waals surface area contributed by atoms with E-state index < -0.39 is 0 Å². The summed E-state index contributed by atoms with van der Waals surface area (Å²) in [5.41, 5.74) is 13.4. The number of aryl methyl sites for hydroxylation is 1. The third-order valence-corrected chi connectivity index (χ3v) is 6.93. The van der Waals surface area contributed by atoms with Crippen LogP contribution in [0.4, 0.5) is 5.69 Å². The first-order valence-electron chi connectivity index (χ1n) is 12.7. The maximum absolute atomic E-state index is 13.3. The van der Waals surface area contributed by atoms with E-state index in [1.54, 1.807) is 16.8 Å². The van der Waals surface area contributed by atoms with E-state index in [0.717, 1.165) is 17.7 Å². The van der Waals surface area contributed by atoms with Crippen LogP contribution >= 0.6 is 0 Å². The molecule has 3 N–H and O–H groups in total. The number of hydrogen-bond donors (Lipinski definition) is 2. The highest BCUT2D eigenvalue weighted by Crippen LogP contribution is 2.40. The number of amides is 1. The van der Waals surface area contributed by atoms with Gasteiger partial charge in [-0.1, -0.05) is 74.0 Å². The second-order valence-electron chi connectivity index (χ2n) is 10.7. The lowest BCUT2D eigenvalue weighted by molar-refractivity contribution is 0.0910. The molecule has 6 heteroatoms. The molecular weight excluding hydrogens is 460 g/mol. The summed E-state index contributed by atoms with van der Waals surface area (Å²) in [5.74, 6) is -0.0753. The van der Waals surface area contributed by atoms with Gasteiger partial charge in [-0.3, -0.25) is 9.59 Å². The van der Waals surface area contributed by atoms with Crippen LogP contribution in [0.25, 0.3) is 16.9 Å². The number of fused-ring (bicyclic) bond motifs is 1. The molecule has 0 saturated heterocycles. The van der Waals surface area contributed by atoms with E-state index in [9.17, 15) is 9.59 Å². The number of anilines is 1. The average molecular weight is 493 g/mol. The molecule has 0 bridgehead atoms. The fourth-order valence-electron chi connectivity index (χ4n) is 5.01. The fourth-order valence-corrected chi connectivity index (χ4v) is 5.01. The van der Waals surface area contributed by atoms with Crippen molar-refractivity contribution >= 4 is 17.4 Å². The summed E-state index contributed by atoms with van der Waals surface area (Å²) in [6.07, 6.45) is 1.93. The number of carbonyl (C=O) groups is 2. The molecule has 4 aromatic rings. The minimum Gasteiger partial charge on any atom is -0.397 e. The van der Waals surface area contributed by atoms with Crippen LogP contribution in [0.1, 0.15) is 57.8 Å². The lowest BCUT2D eigenvalue weighted by Crippen LogP contribution is -2.28. The Balaban J connectivity index is 1.43. The summed E-state index contributed by atoms with van der Waals surface area (Å²) in [5, 5.41) is 7.87. The smallest absolute Gasteiger partial charge is 0.251 e. The van der Waals surface area contributed by atoms with Gasteiger partial charge in [0.25, 0.3) is 5.91 Å². The maximum atomic E-state index is 13.3. The maximum Gasteiger partial charge on any atom is 0.251 e. The van der Waals surface area contributed by atoms with Crippen LogP contribution in [-0.4, -0.2) is 28.0 Å². The van der Waals surface area contributed by atoms with Crippen molar-refractivity contribution in [3.63, 3.8) is 0 Å². The molecule has 1 amide bonds. The summed E-state index contributed by atoms with van der Waals surface area (Å²) in [7, 11) is 0. The molecule has 0 fully saturated rings. The van der Waals surface area contributed by atoms with Crippen LogP contribution in [0.2, 0.25) is 0 Å². The van der Waals surface area contributed by atoms with Gasteiger partial charge in [-0.2, -0.15) is 5.10 Å². The van der Waals surface area contributed by atoms with Crippen LogP contribution in [0.3, 0.4) is 0 Å². The molecular formula is C31H32N4O2. The van der Waals surface area contributed by atoms with Gasteiger partial charge < -0.3 is 11.1 Å². The van der Waals surface area contributed by atoms with Crippen LogP contribution in [0.5, 0.6) is 0 Å². The van der Waals surface area contributed by atoms with E-state index in [1.807, 2.05) is 36.4 Å². The van der Waals surface area contributed by atoms with Gasteiger partial charge in [0, 0.05) is 24.1 Å². The van der Waals surface area contributed by atoms with Crippen LogP contribution in [0, 0.1) is 12.3 Å². The number of carbonyl (C=O) groups excluding carboxylic acids is 2. The highest BCUT2D eigenvalue weighted by atomic mass is 16.1. The van der Waals surface area contributed by atoms with Gasteiger partial charge >= 0.3 is 0 Å². The van der Waals surface area contributed by atoms with Gasteiger partial charge in [-0.25, -0.2) is 4.68 Å². The molecule has 0 radical (unpaired) electrons. The van der Waals surface area contributed by atoms with Gasteiger partial charge in [0.15, 0.2) is 5.78 Å². The Hall–Kier alpha value is -4.19. The molecule has 5 rings (SSSR count). The molecule has 37 heavy (non-hydrogen) atoms. The third kappa shape index (κ3) is 5.05. The van der Waals surface area contributed by atoms with E-state index in [4.69, 9.17) is 10.8 Å². The largest absolute Gasteiger partial charge is 0.397 e. The lowest BCUT2D eigenvalue weighted by Gasteiger charge is -2.29. The molecule has 3 aromatic carbocycles. The second kappa shape index (κ2) is 9.69. The van der Waals surface area contributed by atoms with E-state index in [0.29, 0.717) is 47.6 Å². The number of nitrogens with two attached hydrogens (primary N) is 1. The molecule has 188 valence electrons. The number of nitrogens with zero attached hydrogens (tertiary/aromatic N) is 2. The molecule has 0 unspecified atom stereocenters. The Kier molecular flexibility index (Phi) is 6.42. The van der Waals surface area contributed by atoms with E-state index in [1.165, 1.54) is 11.1 Å². The van der Waals surface area contributed by atoms with Crippen LogP contribution in [-0.2, 0) is 12.8 Å². The number of hydrogen-bond acceptors (Lipinski definition) is 4. The van der Waals surface area contributed by atoms with Crippen molar-refractivity contribution in [2.24, 2.45) is 5.41 Å². The zero-order valence-electron chi connectivity index (χ0n) is 21.5. The number of ketones is 1. The predicted octanol–water partition coefficient (Wildman–Crippen LogP) is 5.56. The second-order valence-corrected chi connectivity index (χ2v) is 10.7. The van der Waals surface area contributed by atoms with Crippen molar-refractivity contribution in [1.29, 1.82) is 0 Å². The first-order valence-corrected chi connectivity index (χ1v) is 12.7. The van der Waals surface area contributed by atoms with Crippen molar-refractivity contribution < 1.29 is 9.59 Å². The van der Waals surface area contributed by atoms with Crippen molar-refractivity contribution in [2.75, 3.05) is 12.3 Å². The molecule has 0 spiro atoms. The predicted molar refractivity (Wildman–Crippen MR) is 147 cm³/mol. The van der Waals surface area contributed by atoms with E-state index >= 15 is 0 Å². The van der Waals surface area contributed by atoms with Crippen molar-refractivity contribution in [3.05, 3.63) is 101 Å². The molecule has 6 nitrogen and oxygen atoms in total. The Morgan fingerprint density at radius 1 is 1.03 bits per heavy atom. The van der Waals surface area contributed by atoms with Gasteiger partial charge in [0.1, 0.15) is 5.69 Å². The average Bonchev–Trinajstić information content (AvgIpc) is 3.24. The normalized spacial score (nSPS) is 14.3. The minimum atomic E-state index is -0.179. The highest BCUT2D eigenvalue weighted by Gasteiger charge is 2.37. The molecule has 1 aromatic heterocycles. The quantitative estimate of drug-likeness (QED) is 0.345. The van der Waals surface area contributed by atoms with Crippen molar-refractivity contribution in [2.45, 2.75) is 40.0 Å². The Morgan fingerprint density at radius 3 is 2.46 bits per heavy atom. The fraction of sp³-hybridized carbons (Fsp3) is 0.258. The highest BCUT2D eigenvalue weighted by molar-refractivity contribution is 6.04. The van der Waals surface area contributed by atoms with Crippen molar-refractivity contribution in [1.82, 2.24) is 15.1 Å². The number of benzene rings is 3. The van der Waals surface area contributed by atoms with Gasteiger partial charge in [-0.15, -0.1) is 0 Å². The van der Waals surface area contributed by atoms with Crippen LogP contribution < -0.4 is 11.1 Å². The molecule has 0 aliphatic heterocycles. The number of Topliss-reactive ketones (excluding diaryl/α,β-unsaturated/α-hetero) is 1. The number of aromatic nitrogens is 2. The summed E-state index contributed by atoms with van der Waals surface area (Å²) >= 11 is 0. The SMILES string of the molecule is Cc1ccc(CCNC(=O)c2ccc(-n3nc(-c4ccccc4)c4c3CC(C)(C)CC4=O)c(N)c2)cc1. The Labute approximate surface area is 217 Å². The van der Waals surface area contributed by atoms with E-state index in [-0.39, 0.29) is 17.1 Å². The van der Waals surface area contributed by atoms with Gasteiger partial charge in [-0.05, 0) is 48.9 Å². The number of nitrogen functional groups attached to an aromatic ring is 1. The Morgan fingerprint density at radius 2 is 1.76 bits per heavy atom. The third-order valence-electron chi connectivity index (χ3n) is 6.93. The van der Waals surface area contributed by atoms with Crippen LogP contribution in [0.15, 0.2) is 72.8 Å². The minimum absolute atomic E-state index is 0.0968. The molecule has 0 atom stereocenters. The molecule has 1 aliphatic rings. The van der Waals surface area contributed by atoms with Crippen molar-refractivity contribution in [3.8, 4) is 16.9 Å². The molecule has 1 aliphatic carbocycles. The summed E-state index contributed by atoms with van der Waals surface area (Å²) in [6, 6.07) is 23.3. The first kappa shape index (κ1) is 24.5. The summed E-state index contributed by atoms with van der Waals surface area (Å²) in [4.78, 5) is 26.1. The number of rotatable bonds is 6. The topological polar surface area (TPSA) is 90.0 Å². The first-order chi connectivity index (χ1) is 17.7. The van der Waals surface area contributed by atoms with Gasteiger partial charge in [0.2, 0.25) is 0 Å². The zero-order chi connectivity index (χ0) is 26.2. The molecule has 0 saturated carbocycles. The molecule has 1 heterocycles. The summed E-state index contributed by atoms with van der Waals surface area (Å²) < 4.78 is 1.80. The van der Waals surface area contributed by atoms with Gasteiger partial charge in [0.05, 0.1) is 22.6 Å². The summed E-state index contributed by atoms with van der Waals surface area (Å²) in [6.45, 7) is 6.79. The number of nitrogens with one attached hydrogen (secondary N) is 1.